The molecule has 1 N–H and O–H groups in total. The summed E-state index contributed by atoms with van der Waals surface area (Å²) in [6.07, 6.45) is 7.82. The number of aliphatic carboxylic acids is 1. The summed E-state index contributed by atoms with van der Waals surface area (Å²) in [5, 5.41) is 9.53. The van der Waals surface area contributed by atoms with Crippen LogP contribution >= 0.6 is 0 Å². The zero-order valence-electron chi connectivity index (χ0n) is 10.9. The second-order valence-corrected chi connectivity index (χ2v) is 4.89. The fourth-order valence-corrected chi connectivity index (χ4v) is 2.63. The average molecular weight is 263 g/mol. The number of aromatic nitrogens is 2. The Kier molecular flexibility index (Phi) is 3.78. The molecule has 0 unspecified atom stereocenters. The van der Waals surface area contributed by atoms with Crippen molar-refractivity contribution in [1.29, 1.82) is 0 Å². The predicted octanol–water partition coefficient (Wildman–Crippen LogP) is 1.34. The summed E-state index contributed by atoms with van der Waals surface area (Å²) in [5.74, 6) is -1.27. The predicted molar refractivity (Wildman–Crippen MR) is 67.6 cm³/mol. The van der Waals surface area contributed by atoms with Gasteiger partial charge >= 0.3 is 5.97 Å². The van der Waals surface area contributed by atoms with E-state index in [-0.39, 0.29) is 5.91 Å². The fraction of sp³-hybridized carbons (Fsp3) is 0.538. The molecule has 102 valence electrons. The van der Waals surface area contributed by atoms with Crippen LogP contribution < -0.4 is 0 Å². The third-order valence-corrected chi connectivity index (χ3v) is 3.83. The molecule has 1 aromatic heterocycles. The highest BCUT2D eigenvalue weighted by Gasteiger charge is 2.45. The highest BCUT2D eigenvalue weighted by molar-refractivity contribution is 5.97. The van der Waals surface area contributed by atoms with E-state index in [0.29, 0.717) is 18.4 Å². The molecule has 19 heavy (non-hydrogen) atoms. The topological polar surface area (TPSA) is 83.4 Å². The summed E-state index contributed by atoms with van der Waals surface area (Å²) < 4.78 is 0. The van der Waals surface area contributed by atoms with Crippen LogP contribution in [0.25, 0.3) is 0 Å². The lowest BCUT2D eigenvalue weighted by atomic mass is 9.80. The molecular formula is C13H17N3O3. The van der Waals surface area contributed by atoms with Crippen LogP contribution in [0.3, 0.4) is 0 Å². The van der Waals surface area contributed by atoms with Crippen molar-refractivity contribution in [1.82, 2.24) is 14.9 Å². The summed E-state index contributed by atoms with van der Waals surface area (Å²) in [7, 11) is 1.55. The van der Waals surface area contributed by atoms with Crippen molar-refractivity contribution in [2.24, 2.45) is 0 Å². The lowest BCUT2D eigenvalue weighted by Gasteiger charge is -2.40. The molecule has 2 rings (SSSR count). The Morgan fingerprint density at radius 3 is 2.32 bits per heavy atom. The van der Waals surface area contributed by atoms with E-state index >= 15 is 0 Å². The molecule has 0 saturated heterocycles. The first-order chi connectivity index (χ1) is 9.08. The van der Waals surface area contributed by atoms with Crippen LogP contribution in [0.1, 0.15) is 42.5 Å². The number of nitrogens with zero attached hydrogens (tertiary/aromatic N) is 3. The number of likely N-dealkylation sites (N-methyl/N-ethyl adjacent to an activating group) is 1. The van der Waals surface area contributed by atoms with Gasteiger partial charge in [0.25, 0.3) is 5.91 Å². The minimum absolute atomic E-state index is 0.316. The van der Waals surface area contributed by atoms with Gasteiger partial charge in [-0.15, -0.1) is 0 Å². The Labute approximate surface area is 111 Å². The summed E-state index contributed by atoms with van der Waals surface area (Å²) in [6.45, 7) is 0. The molecule has 6 heteroatoms. The monoisotopic (exact) mass is 263 g/mol. The second-order valence-electron chi connectivity index (χ2n) is 4.89. The Morgan fingerprint density at radius 2 is 1.79 bits per heavy atom. The van der Waals surface area contributed by atoms with Crippen LogP contribution in [0.2, 0.25) is 0 Å². The standard InChI is InChI=1S/C13H17N3O3/c1-16(11(17)10-7-14-9-15-8-10)13(12(18)19)5-3-2-4-6-13/h7-9H,2-6H2,1H3,(H,18,19). The van der Waals surface area contributed by atoms with Crippen molar-refractivity contribution >= 4 is 11.9 Å². The minimum Gasteiger partial charge on any atom is -0.479 e. The second kappa shape index (κ2) is 5.34. The van der Waals surface area contributed by atoms with Crippen molar-refractivity contribution in [3.05, 3.63) is 24.3 Å². The van der Waals surface area contributed by atoms with Gasteiger partial charge in [0.1, 0.15) is 11.9 Å². The van der Waals surface area contributed by atoms with Crippen LogP contribution in [0.15, 0.2) is 18.7 Å². The van der Waals surface area contributed by atoms with Gasteiger partial charge in [-0.25, -0.2) is 14.8 Å². The van der Waals surface area contributed by atoms with E-state index in [0.717, 1.165) is 19.3 Å². The van der Waals surface area contributed by atoms with Gasteiger partial charge < -0.3 is 10.0 Å². The zero-order valence-corrected chi connectivity index (χ0v) is 10.9. The van der Waals surface area contributed by atoms with E-state index in [4.69, 9.17) is 0 Å². The van der Waals surface area contributed by atoms with Gasteiger partial charge in [0, 0.05) is 19.4 Å². The number of hydrogen-bond acceptors (Lipinski definition) is 4. The van der Waals surface area contributed by atoms with E-state index in [1.807, 2.05) is 0 Å². The van der Waals surface area contributed by atoms with Crippen LogP contribution in [0, 0.1) is 0 Å². The number of carbonyl (C=O) groups is 2. The molecule has 1 aliphatic rings. The average Bonchev–Trinajstić information content (AvgIpc) is 2.47. The van der Waals surface area contributed by atoms with Crippen LogP contribution in [0.5, 0.6) is 0 Å². The molecule has 0 aromatic carbocycles. The first-order valence-electron chi connectivity index (χ1n) is 6.34. The maximum atomic E-state index is 12.3. The highest BCUT2D eigenvalue weighted by atomic mass is 16.4. The normalized spacial score (nSPS) is 17.7. The summed E-state index contributed by atoms with van der Waals surface area (Å²) in [6, 6.07) is 0. The molecule has 6 nitrogen and oxygen atoms in total. The number of rotatable bonds is 3. The van der Waals surface area contributed by atoms with Crippen LogP contribution in [0.4, 0.5) is 0 Å². The number of carboxylic acids is 1. The quantitative estimate of drug-likeness (QED) is 0.889. The lowest BCUT2D eigenvalue weighted by Crippen LogP contribution is -2.56. The lowest BCUT2D eigenvalue weighted by molar-refractivity contribution is -0.151. The Morgan fingerprint density at radius 1 is 1.21 bits per heavy atom. The van der Waals surface area contributed by atoms with Crippen LogP contribution in [-0.2, 0) is 4.79 Å². The number of amides is 1. The zero-order chi connectivity index (χ0) is 13.9. The van der Waals surface area contributed by atoms with Gasteiger partial charge in [0.15, 0.2) is 0 Å². The molecule has 0 atom stereocenters. The third kappa shape index (κ3) is 2.43. The smallest absolute Gasteiger partial charge is 0.329 e. The van der Waals surface area contributed by atoms with Crippen molar-refractivity contribution in [2.45, 2.75) is 37.6 Å². The Balaban J connectivity index is 2.27. The largest absolute Gasteiger partial charge is 0.479 e. The maximum Gasteiger partial charge on any atom is 0.329 e. The number of carbonyl (C=O) groups excluding carboxylic acids is 1. The number of hydrogen-bond donors (Lipinski definition) is 1. The van der Waals surface area contributed by atoms with E-state index < -0.39 is 11.5 Å². The molecular weight excluding hydrogens is 246 g/mol. The van der Waals surface area contributed by atoms with Crippen LogP contribution in [-0.4, -0.2) is 44.4 Å². The van der Waals surface area contributed by atoms with Gasteiger partial charge in [0.05, 0.1) is 5.56 Å². The van der Waals surface area contributed by atoms with E-state index in [1.165, 1.54) is 23.6 Å². The van der Waals surface area contributed by atoms with Gasteiger partial charge in [-0.3, -0.25) is 4.79 Å². The first-order valence-corrected chi connectivity index (χ1v) is 6.34. The highest BCUT2D eigenvalue weighted by Crippen LogP contribution is 2.34. The maximum absolute atomic E-state index is 12.3. The summed E-state index contributed by atoms with van der Waals surface area (Å²) in [5.41, 5.74) is -0.776. The molecule has 1 heterocycles. The van der Waals surface area contributed by atoms with Crippen molar-refractivity contribution < 1.29 is 14.7 Å². The van der Waals surface area contributed by atoms with Gasteiger partial charge in [-0.05, 0) is 12.8 Å². The van der Waals surface area contributed by atoms with E-state index in [2.05, 4.69) is 9.97 Å². The fourth-order valence-electron chi connectivity index (χ4n) is 2.63. The van der Waals surface area contributed by atoms with E-state index in [9.17, 15) is 14.7 Å². The molecule has 1 aliphatic carbocycles. The molecule has 0 aliphatic heterocycles. The summed E-state index contributed by atoms with van der Waals surface area (Å²) >= 11 is 0. The summed E-state index contributed by atoms with van der Waals surface area (Å²) in [4.78, 5) is 32.9. The minimum atomic E-state index is -1.09. The number of carboxylic acid groups (broad SMARTS) is 1. The van der Waals surface area contributed by atoms with Crippen molar-refractivity contribution in [2.75, 3.05) is 7.05 Å². The molecule has 1 amide bonds. The van der Waals surface area contributed by atoms with Gasteiger partial charge in [-0.1, -0.05) is 19.3 Å². The molecule has 0 bridgehead atoms. The van der Waals surface area contributed by atoms with Crippen molar-refractivity contribution in [3.8, 4) is 0 Å². The first kappa shape index (κ1) is 13.5. The SMILES string of the molecule is CN(C(=O)c1cncnc1)C1(C(=O)O)CCCCC1. The van der Waals surface area contributed by atoms with Gasteiger partial charge in [-0.2, -0.15) is 0 Å². The molecule has 0 spiro atoms. The Hall–Kier alpha value is -1.98. The molecule has 1 saturated carbocycles. The van der Waals surface area contributed by atoms with E-state index in [1.54, 1.807) is 7.05 Å². The molecule has 0 radical (unpaired) electrons. The Bertz CT molecular complexity index is 469. The van der Waals surface area contributed by atoms with Crippen molar-refractivity contribution in [3.63, 3.8) is 0 Å². The third-order valence-electron chi connectivity index (χ3n) is 3.83. The van der Waals surface area contributed by atoms with Gasteiger partial charge in [0.2, 0.25) is 0 Å². The molecule has 1 aromatic rings. The molecule has 1 fully saturated rings.